The van der Waals surface area contributed by atoms with Crippen molar-refractivity contribution in [2.75, 3.05) is 18.5 Å². The van der Waals surface area contributed by atoms with Crippen LogP contribution in [0.5, 0.6) is 5.75 Å². The van der Waals surface area contributed by atoms with E-state index in [1.165, 1.54) is 16.8 Å². The predicted molar refractivity (Wildman–Crippen MR) is 89.1 cm³/mol. The van der Waals surface area contributed by atoms with Gasteiger partial charge in [0.1, 0.15) is 5.75 Å². The first-order valence-corrected chi connectivity index (χ1v) is 7.94. The lowest BCUT2D eigenvalue weighted by Gasteiger charge is -2.34. The summed E-state index contributed by atoms with van der Waals surface area (Å²) >= 11 is 0. The van der Waals surface area contributed by atoms with Gasteiger partial charge in [-0.25, -0.2) is 0 Å². The van der Waals surface area contributed by atoms with E-state index in [4.69, 9.17) is 0 Å². The Morgan fingerprint density at radius 1 is 1.18 bits per heavy atom. The van der Waals surface area contributed by atoms with Crippen molar-refractivity contribution in [2.45, 2.75) is 31.5 Å². The third kappa shape index (κ3) is 1.85. The van der Waals surface area contributed by atoms with Gasteiger partial charge in [-0.3, -0.25) is 4.90 Å². The van der Waals surface area contributed by atoms with E-state index in [0.717, 1.165) is 19.5 Å². The van der Waals surface area contributed by atoms with E-state index >= 15 is 0 Å². The highest BCUT2D eigenvalue weighted by Crippen LogP contribution is 2.52. The summed E-state index contributed by atoms with van der Waals surface area (Å²) < 4.78 is 0. The molecule has 2 aromatic rings. The highest BCUT2D eigenvalue weighted by atomic mass is 16.3. The van der Waals surface area contributed by atoms with Gasteiger partial charge < -0.3 is 10.0 Å². The second-order valence-electron chi connectivity index (χ2n) is 6.81. The topological polar surface area (TPSA) is 26.7 Å². The van der Waals surface area contributed by atoms with Crippen LogP contribution in [0.1, 0.15) is 24.5 Å². The number of hydrogen-bond acceptors (Lipinski definition) is 3. The van der Waals surface area contributed by atoms with Crippen molar-refractivity contribution in [1.82, 2.24) is 4.90 Å². The fraction of sp³-hybridized carbons (Fsp3) is 0.368. The molecule has 2 aliphatic heterocycles. The molecule has 1 fully saturated rings. The molecule has 1 unspecified atom stereocenters. The number of benzene rings is 2. The molecule has 0 bridgehead atoms. The maximum absolute atomic E-state index is 9.89. The molecule has 114 valence electrons. The summed E-state index contributed by atoms with van der Waals surface area (Å²) in [6.07, 6.45) is 1.50. The van der Waals surface area contributed by atoms with Gasteiger partial charge >= 0.3 is 0 Å². The summed E-state index contributed by atoms with van der Waals surface area (Å²) in [4.78, 5) is 4.94. The van der Waals surface area contributed by atoms with Crippen LogP contribution in [0.2, 0.25) is 0 Å². The average molecular weight is 294 g/mol. The Bertz CT molecular complexity index is 700. The van der Waals surface area contributed by atoms with Crippen LogP contribution in [0.25, 0.3) is 0 Å². The first kappa shape index (κ1) is 13.6. The lowest BCUT2D eigenvalue weighted by molar-refractivity contribution is 0.215. The fourth-order valence-electron chi connectivity index (χ4n) is 4.38. The quantitative estimate of drug-likeness (QED) is 0.920. The molecular weight excluding hydrogens is 272 g/mol. The van der Waals surface area contributed by atoms with Crippen molar-refractivity contribution in [3.63, 3.8) is 0 Å². The van der Waals surface area contributed by atoms with Gasteiger partial charge in [0.15, 0.2) is 0 Å². The number of aromatic hydroxyl groups is 1. The molecule has 0 aromatic heterocycles. The Morgan fingerprint density at radius 2 is 1.95 bits per heavy atom. The summed E-state index contributed by atoms with van der Waals surface area (Å²) in [5.74, 6) is 0.371. The van der Waals surface area contributed by atoms with E-state index in [1.54, 1.807) is 6.07 Å². The van der Waals surface area contributed by atoms with Gasteiger partial charge in [0.25, 0.3) is 0 Å². The van der Waals surface area contributed by atoms with Crippen molar-refractivity contribution >= 4 is 5.69 Å². The lowest BCUT2D eigenvalue weighted by atomic mass is 9.81. The van der Waals surface area contributed by atoms with E-state index in [-0.39, 0.29) is 5.41 Å². The Hall–Kier alpha value is -2.00. The number of fused-ring (bicyclic) bond motifs is 3. The van der Waals surface area contributed by atoms with Crippen molar-refractivity contribution in [1.29, 1.82) is 0 Å². The zero-order valence-electron chi connectivity index (χ0n) is 13.2. The number of phenolic OH excluding ortho intramolecular Hbond substituents is 1. The zero-order chi connectivity index (χ0) is 15.3. The molecule has 0 saturated carbocycles. The molecule has 0 spiro atoms. The molecule has 4 rings (SSSR count). The summed E-state index contributed by atoms with van der Waals surface area (Å²) in [6.45, 7) is 4.41. The monoisotopic (exact) mass is 294 g/mol. The minimum Gasteiger partial charge on any atom is -0.508 e. The number of hydrogen-bond donors (Lipinski definition) is 1. The minimum absolute atomic E-state index is 0.0948. The molecule has 0 amide bonds. The fourth-order valence-corrected chi connectivity index (χ4v) is 4.38. The first-order valence-electron chi connectivity index (χ1n) is 7.94. The second kappa shape index (κ2) is 4.75. The Balaban J connectivity index is 1.69. The Morgan fingerprint density at radius 3 is 2.73 bits per heavy atom. The van der Waals surface area contributed by atoms with Gasteiger partial charge in [0.05, 0.1) is 6.17 Å². The third-order valence-electron chi connectivity index (χ3n) is 5.40. The van der Waals surface area contributed by atoms with Crippen molar-refractivity contribution < 1.29 is 5.11 Å². The van der Waals surface area contributed by atoms with Gasteiger partial charge in [-0.15, -0.1) is 0 Å². The molecule has 2 atom stereocenters. The molecule has 1 saturated heterocycles. The molecule has 1 N–H and O–H groups in total. The van der Waals surface area contributed by atoms with Crippen LogP contribution in [0, 0.1) is 0 Å². The molecule has 2 heterocycles. The number of rotatable bonds is 2. The Kier molecular flexibility index (Phi) is 2.95. The lowest BCUT2D eigenvalue weighted by Crippen LogP contribution is -2.46. The summed E-state index contributed by atoms with van der Waals surface area (Å²) in [6, 6.07) is 16.5. The number of likely N-dealkylation sites (N-methyl/N-ethyl adjacent to an activating group) is 1. The van der Waals surface area contributed by atoms with Gasteiger partial charge in [0, 0.05) is 31.2 Å². The summed E-state index contributed by atoms with van der Waals surface area (Å²) in [5.41, 5.74) is 4.00. The van der Waals surface area contributed by atoms with Crippen LogP contribution in [-0.4, -0.2) is 29.8 Å². The number of likely N-dealkylation sites (tertiary alicyclic amines) is 1. The number of nitrogens with zero attached hydrogens (tertiary/aromatic N) is 2. The summed E-state index contributed by atoms with van der Waals surface area (Å²) in [7, 11) is 2.18. The number of phenols is 1. The van der Waals surface area contributed by atoms with Gasteiger partial charge in [-0.05, 0) is 35.7 Å². The molecule has 3 nitrogen and oxygen atoms in total. The first-order chi connectivity index (χ1) is 10.6. The van der Waals surface area contributed by atoms with Crippen LogP contribution >= 0.6 is 0 Å². The van der Waals surface area contributed by atoms with E-state index < -0.39 is 0 Å². The molecule has 2 aromatic carbocycles. The van der Waals surface area contributed by atoms with Crippen LogP contribution in [0.4, 0.5) is 5.69 Å². The highest BCUT2D eigenvalue weighted by Gasteiger charge is 2.53. The molecule has 3 heteroatoms. The zero-order valence-corrected chi connectivity index (χ0v) is 13.2. The molecule has 2 aliphatic rings. The third-order valence-corrected chi connectivity index (χ3v) is 5.40. The van der Waals surface area contributed by atoms with Gasteiger partial charge in [-0.1, -0.05) is 37.3 Å². The SMILES string of the molecule is CN1c2ccc(O)cc2[C@@]2(C)CCN(Cc3ccccc3)C12. The van der Waals surface area contributed by atoms with E-state index in [0.29, 0.717) is 11.9 Å². The maximum Gasteiger partial charge on any atom is 0.116 e. The predicted octanol–water partition coefficient (Wildman–Crippen LogP) is 3.33. The van der Waals surface area contributed by atoms with Gasteiger partial charge in [0.2, 0.25) is 0 Å². The van der Waals surface area contributed by atoms with Crippen LogP contribution in [0.3, 0.4) is 0 Å². The normalized spacial score (nSPS) is 27.0. The summed E-state index contributed by atoms with van der Waals surface area (Å²) in [5, 5.41) is 9.89. The molecular formula is C19H22N2O. The van der Waals surface area contributed by atoms with Crippen LogP contribution in [-0.2, 0) is 12.0 Å². The largest absolute Gasteiger partial charge is 0.508 e. The van der Waals surface area contributed by atoms with Crippen molar-refractivity contribution in [3.8, 4) is 5.75 Å². The van der Waals surface area contributed by atoms with Crippen LogP contribution in [0.15, 0.2) is 48.5 Å². The molecule has 0 aliphatic carbocycles. The van der Waals surface area contributed by atoms with Crippen molar-refractivity contribution in [2.24, 2.45) is 0 Å². The molecule has 0 radical (unpaired) electrons. The maximum atomic E-state index is 9.89. The van der Waals surface area contributed by atoms with E-state index in [2.05, 4.69) is 60.2 Å². The molecule has 22 heavy (non-hydrogen) atoms. The van der Waals surface area contributed by atoms with Crippen molar-refractivity contribution in [3.05, 3.63) is 59.7 Å². The second-order valence-corrected chi connectivity index (χ2v) is 6.81. The van der Waals surface area contributed by atoms with E-state index in [9.17, 15) is 5.11 Å². The highest BCUT2D eigenvalue weighted by molar-refractivity contribution is 5.66. The average Bonchev–Trinajstić information content (AvgIpc) is 2.95. The standard InChI is InChI=1S/C19H22N2O/c1-19-10-11-21(13-14-6-4-3-5-7-14)18(19)20(2)17-9-8-15(22)12-16(17)19/h3-9,12,18,22H,10-11,13H2,1-2H3/t18?,19-/m1/s1. The van der Waals surface area contributed by atoms with E-state index in [1.807, 2.05) is 6.07 Å². The van der Waals surface area contributed by atoms with Gasteiger partial charge in [-0.2, -0.15) is 0 Å². The smallest absolute Gasteiger partial charge is 0.116 e. The van der Waals surface area contributed by atoms with Crippen LogP contribution < -0.4 is 4.90 Å². The number of anilines is 1. The minimum atomic E-state index is 0.0948. The Labute approximate surface area is 131 Å².